The SMILES string of the molecule is CCCCOc1ccc(-c2nnc(-c3cc(OCCCOc4cc(CBr)c(OC)cc4CBr)cc(-c4nnc(-c5ccc(OCCCC)cc5)o4)c3)o2)cc1. The molecule has 0 saturated heterocycles. The maximum Gasteiger partial charge on any atom is 0.248 e. The summed E-state index contributed by atoms with van der Waals surface area (Å²) < 4.78 is 42.0. The summed E-state index contributed by atoms with van der Waals surface area (Å²) in [6.07, 6.45) is 4.77. The molecule has 0 unspecified atom stereocenters. The summed E-state index contributed by atoms with van der Waals surface area (Å²) in [5.74, 6) is 5.17. The lowest BCUT2D eigenvalue weighted by Crippen LogP contribution is -2.07. The second-order valence-electron chi connectivity index (χ2n) is 12.6. The quantitative estimate of drug-likeness (QED) is 0.0507. The van der Waals surface area contributed by atoms with Crippen LogP contribution in [0.1, 0.15) is 57.1 Å². The van der Waals surface area contributed by atoms with Crippen molar-refractivity contribution >= 4 is 31.9 Å². The molecule has 11 nitrogen and oxygen atoms in total. The molecule has 4 aromatic carbocycles. The maximum atomic E-state index is 6.27. The molecular weight excluding hydrogens is 832 g/mol. The van der Waals surface area contributed by atoms with E-state index in [4.69, 9.17) is 32.5 Å². The average Bonchev–Trinajstić information content (AvgIpc) is 3.93. The molecule has 0 bridgehead atoms. The van der Waals surface area contributed by atoms with Crippen LogP contribution >= 0.6 is 31.9 Å². The molecule has 2 heterocycles. The van der Waals surface area contributed by atoms with E-state index in [9.17, 15) is 0 Å². The van der Waals surface area contributed by atoms with Crippen LogP contribution in [0.15, 0.2) is 87.7 Å². The van der Waals surface area contributed by atoms with Gasteiger partial charge in [0.25, 0.3) is 0 Å². The van der Waals surface area contributed by atoms with E-state index in [1.165, 1.54) is 0 Å². The number of hydrogen-bond acceptors (Lipinski definition) is 11. The minimum atomic E-state index is 0.316. The van der Waals surface area contributed by atoms with Crippen LogP contribution in [0.25, 0.3) is 45.8 Å². The molecule has 6 rings (SSSR count). The summed E-state index contributed by atoms with van der Waals surface area (Å²) in [7, 11) is 1.67. The molecule has 55 heavy (non-hydrogen) atoms. The largest absolute Gasteiger partial charge is 0.496 e. The highest BCUT2D eigenvalue weighted by molar-refractivity contribution is 9.08. The normalized spacial score (nSPS) is 11.1. The Morgan fingerprint density at radius 2 is 0.891 bits per heavy atom. The van der Waals surface area contributed by atoms with Crippen LogP contribution < -0.4 is 23.7 Å². The third kappa shape index (κ3) is 10.7. The fourth-order valence-corrected chi connectivity index (χ4v) is 6.38. The van der Waals surface area contributed by atoms with Gasteiger partial charge in [-0.2, -0.15) is 0 Å². The average molecular weight is 877 g/mol. The molecule has 288 valence electrons. The molecule has 0 amide bonds. The Kier molecular flexibility index (Phi) is 14.6. The smallest absolute Gasteiger partial charge is 0.248 e. The van der Waals surface area contributed by atoms with Gasteiger partial charge in [-0.05, 0) is 91.7 Å². The molecule has 2 aromatic heterocycles. The highest BCUT2D eigenvalue weighted by Gasteiger charge is 2.18. The van der Waals surface area contributed by atoms with Crippen molar-refractivity contribution in [1.82, 2.24) is 20.4 Å². The van der Waals surface area contributed by atoms with E-state index in [0.29, 0.717) is 83.9 Å². The summed E-state index contributed by atoms with van der Waals surface area (Å²) in [5.41, 5.74) is 4.85. The molecule has 0 aliphatic heterocycles. The summed E-state index contributed by atoms with van der Waals surface area (Å²) in [6.45, 7) is 6.46. The topological polar surface area (TPSA) is 124 Å². The highest BCUT2D eigenvalue weighted by Crippen LogP contribution is 2.35. The number of rotatable bonds is 21. The molecule has 0 N–H and O–H groups in total. The molecular formula is C42H44Br2N4O7. The van der Waals surface area contributed by atoms with Crippen molar-refractivity contribution in [2.75, 3.05) is 33.5 Å². The molecule has 0 radical (unpaired) electrons. The van der Waals surface area contributed by atoms with Crippen molar-refractivity contribution in [3.05, 3.63) is 90.0 Å². The second-order valence-corrected chi connectivity index (χ2v) is 13.7. The van der Waals surface area contributed by atoms with Gasteiger partial charge >= 0.3 is 0 Å². The van der Waals surface area contributed by atoms with Crippen molar-refractivity contribution in [3.63, 3.8) is 0 Å². The van der Waals surface area contributed by atoms with Crippen LogP contribution in [0.4, 0.5) is 0 Å². The van der Waals surface area contributed by atoms with E-state index in [2.05, 4.69) is 66.1 Å². The Morgan fingerprint density at radius 1 is 0.473 bits per heavy atom. The zero-order valence-corrected chi connectivity index (χ0v) is 34.4. The van der Waals surface area contributed by atoms with Gasteiger partial charge in [-0.25, -0.2) is 0 Å². The fraction of sp³-hybridized carbons (Fsp3) is 0.333. The first kappa shape index (κ1) is 39.8. The van der Waals surface area contributed by atoms with Crippen molar-refractivity contribution in [2.45, 2.75) is 56.6 Å². The van der Waals surface area contributed by atoms with E-state index >= 15 is 0 Å². The van der Waals surface area contributed by atoms with Crippen molar-refractivity contribution in [1.29, 1.82) is 0 Å². The third-order valence-electron chi connectivity index (χ3n) is 8.55. The summed E-state index contributed by atoms with van der Waals surface area (Å²) in [5, 5.41) is 18.7. The lowest BCUT2D eigenvalue weighted by molar-refractivity contribution is 0.246. The van der Waals surface area contributed by atoms with E-state index in [-0.39, 0.29) is 0 Å². The van der Waals surface area contributed by atoms with Gasteiger partial charge in [0, 0.05) is 50.5 Å². The Labute approximate surface area is 338 Å². The van der Waals surface area contributed by atoms with Crippen LogP contribution in [-0.4, -0.2) is 53.9 Å². The third-order valence-corrected chi connectivity index (χ3v) is 9.76. The second kappa shape index (κ2) is 20.2. The minimum absolute atomic E-state index is 0.316. The van der Waals surface area contributed by atoms with Crippen LogP contribution in [-0.2, 0) is 10.7 Å². The lowest BCUT2D eigenvalue weighted by atomic mass is 10.1. The van der Waals surface area contributed by atoms with E-state index < -0.39 is 0 Å². The van der Waals surface area contributed by atoms with Gasteiger partial charge in [-0.1, -0.05) is 58.5 Å². The number of benzene rings is 4. The summed E-state index contributed by atoms with van der Waals surface area (Å²) in [6, 6.07) is 24.8. The molecule has 0 aliphatic carbocycles. The van der Waals surface area contributed by atoms with Crippen LogP contribution in [0.5, 0.6) is 28.7 Å². The van der Waals surface area contributed by atoms with Crippen LogP contribution in [0.2, 0.25) is 0 Å². The van der Waals surface area contributed by atoms with Gasteiger partial charge in [0.15, 0.2) is 0 Å². The number of halogens is 2. The Hall–Kier alpha value is -4.88. The Morgan fingerprint density at radius 3 is 1.36 bits per heavy atom. The van der Waals surface area contributed by atoms with Gasteiger partial charge in [-0.3, -0.25) is 0 Å². The first-order valence-electron chi connectivity index (χ1n) is 18.4. The van der Waals surface area contributed by atoms with E-state index in [0.717, 1.165) is 70.9 Å². The number of aromatic nitrogens is 4. The van der Waals surface area contributed by atoms with Crippen molar-refractivity contribution in [3.8, 4) is 74.6 Å². The number of ether oxygens (including phenoxy) is 5. The van der Waals surface area contributed by atoms with Gasteiger partial charge in [-0.15, -0.1) is 20.4 Å². The molecule has 0 saturated carbocycles. The fourth-order valence-electron chi connectivity index (χ4n) is 5.51. The number of unbranched alkanes of at least 4 members (excludes halogenated alkanes) is 2. The number of methoxy groups -OCH3 is 1. The van der Waals surface area contributed by atoms with Gasteiger partial charge < -0.3 is 32.5 Å². The Bertz CT molecular complexity index is 1990. The first-order chi connectivity index (χ1) is 27.0. The first-order valence-corrected chi connectivity index (χ1v) is 20.6. The molecule has 0 atom stereocenters. The summed E-state index contributed by atoms with van der Waals surface area (Å²) >= 11 is 7.10. The lowest BCUT2D eigenvalue weighted by Gasteiger charge is -2.15. The number of nitrogens with zero attached hydrogens (tertiary/aromatic N) is 4. The van der Waals surface area contributed by atoms with Gasteiger partial charge in [0.2, 0.25) is 23.6 Å². The zero-order valence-electron chi connectivity index (χ0n) is 31.2. The molecule has 0 fully saturated rings. The van der Waals surface area contributed by atoms with Gasteiger partial charge in [0.1, 0.15) is 28.7 Å². The standard InChI is InChI=1S/C42H44Br2N4O7/c1-4-6-17-50-34-13-9-28(10-14-34)39-45-47-41(54-39)30-21-31(42-48-46-40(55-42)29-11-15-35(16-12-29)51-18-7-5-2)23-36(22-30)52-19-8-20-53-38-25-32(26-43)37(49-3)24-33(38)27-44/h9-16,21-25H,4-8,17-20,26-27H2,1-3H3. The molecule has 6 aromatic rings. The number of alkyl halides is 2. The minimum Gasteiger partial charge on any atom is -0.496 e. The molecule has 0 aliphatic rings. The maximum absolute atomic E-state index is 6.27. The predicted molar refractivity (Wildman–Crippen MR) is 219 cm³/mol. The van der Waals surface area contributed by atoms with E-state index in [1.54, 1.807) is 7.11 Å². The summed E-state index contributed by atoms with van der Waals surface area (Å²) in [4.78, 5) is 0. The van der Waals surface area contributed by atoms with E-state index in [1.807, 2.05) is 78.9 Å². The molecule has 13 heteroatoms. The number of hydrogen-bond donors (Lipinski definition) is 0. The zero-order chi connectivity index (χ0) is 38.4. The Balaban J connectivity index is 1.20. The predicted octanol–water partition coefficient (Wildman–Crippen LogP) is 11.1. The molecule has 0 spiro atoms. The van der Waals surface area contributed by atoms with Crippen LogP contribution in [0, 0.1) is 0 Å². The highest BCUT2D eigenvalue weighted by atomic mass is 79.9. The monoisotopic (exact) mass is 874 g/mol. The van der Waals surface area contributed by atoms with Gasteiger partial charge in [0.05, 0.1) is 33.5 Å². The van der Waals surface area contributed by atoms with Crippen LogP contribution in [0.3, 0.4) is 0 Å². The van der Waals surface area contributed by atoms with Crippen molar-refractivity contribution in [2.24, 2.45) is 0 Å². The van der Waals surface area contributed by atoms with Crippen molar-refractivity contribution < 1.29 is 32.5 Å².